The van der Waals surface area contributed by atoms with Crippen molar-refractivity contribution in [2.45, 2.75) is 6.61 Å². The molecular weight excluding hydrogens is 302 g/mol. The minimum Gasteiger partial charge on any atom is -0.444 e. The van der Waals surface area contributed by atoms with Crippen molar-refractivity contribution in [2.75, 3.05) is 5.32 Å². The van der Waals surface area contributed by atoms with E-state index in [1.54, 1.807) is 6.21 Å². The molecule has 3 N–H and O–H groups in total. The minimum absolute atomic E-state index is 0.225. The molecule has 0 saturated heterocycles. The molecule has 3 rings (SSSR count). The van der Waals surface area contributed by atoms with Gasteiger partial charge >= 0.3 is 6.09 Å². The van der Waals surface area contributed by atoms with E-state index < -0.39 is 6.09 Å². The second kappa shape index (κ2) is 7.28. The lowest BCUT2D eigenvalue weighted by Crippen LogP contribution is -2.13. The number of anilines is 1. The summed E-state index contributed by atoms with van der Waals surface area (Å²) in [5.41, 5.74) is 2.47. The molecule has 0 atom stereocenters. The molecule has 0 aliphatic heterocycles. The zero-order valence-electron chi connectivity index (χ0n) is 13.0. The Hall–Kier alpha value is -3.34. The number of nitrogens with two attached hydrogens (primary N) is 1. The normalized spacial score (nSPS) is 10.8. The number of rotatable bonds is 4. The van der Waals surface area contributed by atoms with Crippen LogP contribution < -0.4 is 11.2 Å². The average molecular weight is 319 g/mol. The first-order chi connectivity index (χ1) is 11.8. The van der Waals surface area contributed by atoms with E-state index in [9.17, 15) is 4.79 Å². The van der Waals surface area contributed by atoms with Gasteiger partial charge < -0.3 is 10.6 Å². The van der Waals surface area contributed by atoms with E-state index in [0.29, 0.717) is 5.69 Å². The molecule has 5 heteroatoms. The van der Waals surface area contributed by atoms with Crippen LogP contribution in [0.4, 0.5) is 10.5 Å². The van der Waals surface area contributed by atoms with Crippen molar-refractivity contribution < 1.29 is 9.53 Å². The van der Waals surface area contributed by atoms with E-state index in [4.69, 9.17) is 10.6 Å². The fraction of sp³-hybridized carbons (Fsp3) is 0.0526. The van der Waals surface area contributed by atoms with Crippen molar-refractivity contribution in [1.29, 1.82) is 0 Å². The maximum absolute atomic E-state index is 12.1. The number of benzene rings is 3. The van der Waals surface area contributed by atoms with E-state index in [1.165, 1.54) is 0 Å². The quantitative estimate of drug-likeness (QED) is 0.435. The van der Waals surface area contributed by atoms with Crippen molar-refractivity contribution in [3.63, 3.8) is 0 Å². The average Bonchev–Trinajstić information content (AvgIpc) is 2.62. The number of hydrogen-bond acceptors (Lipinski definition) is 4. The van der Waals surface area contributed by atoms with Crippen LogP contribution in [0.5, 0.6) is 0 Å². The molecule has 0 heterocycles. The van der Waals surface area contributed by atoms with Crippen molar-refractivity contribution in [3.05, 3.63) is 77.9 Å². The van der Waals surface area contributed by atoms with Crippen LogP contribution in [0.1, 0.15) is 11.1 Å². The number of nitrogens with zero attached hydrogens (tertiary/aromatic N) is 1. The first kappa shape index (κ1) is 15.6. The summed E-state index contributed by atoms with van der Waals surface area (Å²) in [4.78, 5) is 12.1. The van der Waals surface area contributed by atoms with E-state index in [0.717, 1.165) is 21.9 Å². The lowest BCUT2D eigenvalue weighted by molar-refractivity contribution is 0.155. The molecular formula is C19H17N3O2. The van der Waals surface area contributed by atoms with Crippen LogP contribution >= 0.6 is 0 Å². The fourth-order valence-electron chi connectivity index (χ4n) is 2.43. The molecule has 0 spiro atoms. The zero-order valence-corrected chi connectivity index (χ0v) is 13.0. The molecule has 0 aromatic heterocycles. The van der Waals surface area contributed by atoms with Gasteiger partial charge in [-0.05, 0) is 28.6 Å². The lowest BCUT2D eigenvalue weighted by atomic mass is 10.1. The predicted molar refractivity (Wildman–Crippen MR) is 96.0 cm³/mol. The van der Waals surface area contributed by atoms with Gasteiger partial charge in [0.05, 0.1) is 11.9 Å². The lowest BCUT2D eigenvalue weighted by Gasteiger charge is -2.10. The highest BCUT2D eigenvalue weighted by molar-refractivity contribution is 6.02. The summed E-state index contributed by atoms with van der Waals surface area (Å²) in [5.74, 6) is 5.20. The molecule has 24 heavy (non-hydrogen) atoms. The zero-order chi connectivity index (χ0) is 16.8. The van der Waals surface area contributed by atoms with Gasteiger partial charge in [0.15, 0.2) is 0 Å². The van der Waals surface area contributed by atoms with Crippen LogP contribution in [0.3, 0.4) is 0 Å². The number of hydrazone groups is 1. The number of carbonyl (C=O) groups is 1. The summed E-state index contributed by atoms with van der Waals surface area (Å²) < 4.78 is 5.26. The molecule has 0 bridgehead atoms. The Balaban J connectivity index is 1.76. The van der Waals surface area contributed by atoms with Gasteiger partial charge in [-0.15, -0.1) is 0 Å². The van der Waals surface area contributed by atoms with Gasteiger partial charge in [-0.2, -0.15) is 5.10 Å². The van der Waals surface area contributed by atoms with Crippen LogP contribution in [0, 0.1) is 0 Å². The van der Waals surface area contributed by atoms with E-state index in [1.807, 2.05) is 66.7 Å². The van der Waals surface area contributed by atoms with Crippen LogP contribution in [-0.2, 0) is 11.3 Å². The third kappa shape index (κ3) is 3.70. The third-order valence-electron chi connectivity index (χ3n) is 3.58. The monoisotopic (exact) mass is 319 g/mol. The van der Waals surface area contributed by atoms with Gasteiger partial charge in [-0.3, -0.25) is 5.32 Å². The first-order valence-electron chi connectivity index (χ1n) is 7.50. The topological polar surface area (TPSA) is 76.7 Å². The third-order valence-corrected chi connectivity index (χ3v) is 3.58. The molecule has 3 aromatic rings. The number of nitrogens with one attached hydrogen (secondary N) is 1. The smallest absolute Gasteiger partial charge is 0.411 e. The first-order valence-corrected chi connectivity index (χ1v) is 7.50. The second-order valence-electron chi connectivity index (χ2n) is 5.25. The Bertz CT molecular complexity index is 876. The predicted octanol–water partition coefficient (Wildman–Crippen LogP) is 3.88. The van der Waals surface area contributed by atoms with E-state index in [2.05, 4.69) is 10.4 Å². The van der Waals surface area contributed by atoms with Crippen molar-refractivity contribution in [1.82, 2.24) is 0 Å². The molecule has 3 aromatic carbocycles. The maximum Gasteiger partial charge on any atom is 0.411 e. The molecule has 0 unspecified atom stereocenters. The molecule has 1 amide bonds. The van der Waals surface area contributed by atoms with Gasteiger partial charge in [0.25, 0.3) is 0 Å². The van der Waals surface area contributed by atoms with Crippen molar-refractivity contribution in [2.24, 2.45) is 10.9 Å². The van der Waals surface area contributed by atoms with Gasteiger partial charge in [-0.25, -0.2) is 4.79 Å². The van der Waals surface area contributed by atoms with Gasteiger partial charge in [0.2, 0.25) is 0 Å². The standard InChI is InChI=1S/C19H17N3O2/c20-21-12-15-9-10-16-7-4-8-18(17(16)11-15)22-19(23)24-13-14-5-2-1-3-6-14/h1-12H,13,20H2,(H,22,23). The van der Waals surface area contributed by atoms with E-state index >= 15 is 0 Å². The Labute approximate surface area is 139 Å². The van der Waals surface area contributed by atoms with Crippen LogP contribution in [0.2, 0.25) is 0 Å². The Morgan fingerprint density at radius 2 is 1.92 bits per heavy atom. The van der Waals surface area contributed by atoms with Gasteiger partial charge in [-0.1, -0.05) is 54.6 Å². The van der Waals surface area contributed by atoms with Crippen molar-refractivity contribution in [3.8, 4) is 0 Å². The second-order valence-corrected chi connectivity index (χ2v) is 5.25. The molecule has 120 valence electrons. The molecule has 0 saturated carbocycles. The summed E-state index contributed by atoms with van der Waals surface area (Å²) in [6, 6.07) is 21.0. The Morgan fingerprint density at radius 3 is 2.71 bits per heavy atom. The Morgan fingerprint density at radius 1 is 1.08 bits per heavy atom. The summed E-state index contributed by atoms with van der Waals surface area (Å²) in [6.45, 7) is 0.225. The van der Waals surface area contributed by atoms with E-state index in [-0.39, 0.29) is 6.61 Å². The minimum atomic E-state index is -0.496. The molecule has 0 fully saturated rings. The molecule has 5 nitrogen and oxygen atoms in total. The SMILES string of the molecule is NN=Cc1ccc2cccc(NC(=O)OCc3ccccc3)c2c1. The summed E-state index contributed by atoms with van der Waals surface area (Å²) in [5, 5.41) is 8.22. The summed E-state index contributed by atoms with van der Waals surface area (Å²) in [6.07, 6.45) is 1.06. The number of amides is 1. The number of carbonyl (C=O) groups excluding carboxylic acids is 1. The van der Waals surface area contributed by atoms with Crippen LogP contribution in [-0.4, -0.2) is 12.3 Å². The Kier molecular flexibility index (Phi) is 4.72. The highest BCUT2D eigenvalue weighted by Crippen LogP contribution is 2.24. The summed E-state index contributed by atoms with van der Waals surface area (Å²) >= 11 is 0. The number of ether oxygens (including phenoxy) is 1. The number of hydrogen-bond donors (Lipinski definition) is 2. The van der Waals surface area contributed by atoms with Crippen LogP contribution in [0.25, 0.3) is 10.8 Å². The highest BCUT2D eigenvalue weighted by atomic mass is 16.5. The molecule has 0 aliphatic carbocycles. The molecule has 0 aliphatic rings. The largest absolute Gasteiger partial charge is 0.444 e. The van der Waals surface area contributed by atoms with Crippen molar-refractivity contribution >= 4 is 28.8 Å². The number of fused-ring (bicyclic) bond motifs is 1. The fourth-order valence-corrected chi connectivity index (χ4v) is 2.43. The summed E-state index contributed by atoms with van der Waals surface area (Å²) in [7, 11) is 0. The van der Waals surface area contributed by atoms with Gasteiger partial charge in [0.1, 0.15) is 6.61 Å². The highest BCUT2D eigenvalue weighted by Gasteiger charge is 2.07. The maximum atomic E-state index is 12.1. The van der Waals surface area contributed by atoms with Crippen LogP contribution in [0.15, 0.2) is 71.8 Å². The van der Waals surface area contributed by atoms with Gasteiger partial charge in [0, 0.05) is 5.39 Å². The molecule has 0 radical (unpaired) electrons.